The monoisotopic (exact) mass is 486 g/mol. The molecule has 14 heteroatoms. The van der Waals surface area contributed by atoms with E-state index in [1.54, 1.807) is 4.90 Å². The van der Waals surface area contributed by atoms with Gasteiger partial charge in [0.05, 0.1) is 6.04 Å². The first-order chi connectivity index (χ1) is 14.8. The largest absolute Gasteiger partial charge is 0.492 e. The van der Waals surface area contributed by atoms with Crippen LogP contribution in [0.3, 0.4) is 0 Å². The van der Waals surface area contributed by atoms with Gasteiger partial charge in [-0.05, 0) is 42.3 Å². The van der Waals surface area contributed by atoms with Crippen LogP contribution in [-0.2, 0) is 19.7 Å². The van der Waals surface area contributed by atoms with Crippen molar-refractivity contribution in [2.24, 2.45) is 5.73 Å². The summed E-state index contributed by atoms with van der Waals surface area (Å²) < 4.78 is 91.1. The number of pyridine rings is 1. The Morgan fingerprint density at radius 2 is 1.75 bits per heavy atom. The molecule has 0 aromatic carbocycles. The summed E-state index contributed by atoms with van der Waals surface area (Å²) in [5.41, 5.74) is 5.77. The van der Waals surface area contributed by atoms with Crippen molar-refractivity contribution < 1.29 is 40.0 Å². The van der Waals surface area contributed by atoms with Gasteiger partial charge in [0.2, 0.25) is 0 Å². The number of nitrogens with two attached hydrogens (primary N) is 1. The van der Waals surface area contributed by atoms with E-state index in [4.69, 9.17) is 5.73 Å². The van der Waals surface area contributed by atoms with Crippen molar-refractivity contribution in [3.8, 4) is 0 Å². The number of alkyl halides is 5. The van der Waals surface area contributed by atoms with E-state index in [-0.39, 0.29) is 55.1 Å². The van der Waals surface area contributed by atoms with Gasteiger partial charge in [-0.3, -0.25) is 0 Å². The zero-order valence-corrected chi connectivity index (χ0v) is 17.7. The van der Waals surface area contributed by atoms with Crippen molar-refractivity contribution in [1.82, 2.24) is 9.45 Å². The molecule has 1 aromatic rings. The molecule has 2 heterocycles. The number of carbonyl (C=O) groups is 1. The summed E-state index contributed by atoms with van der Waals surface area (Å²) in [7, 11) is -4.69. The van der Waals surface area contributed by atoms with E-state index in [1.807, 2.05) is 0 Å². The first-order valence-corrected chi connectivity index (χ1v) is 11.4. The lowest BCUT2D eigenvalue weighted by atomic mass is 9.92. The molecule has 1 aliphatic heterocycles. The zero-order chi connectivity index (χ0) is 23.7. The van der Waals surface area contributed by atoms with E-state index in [9.17, 15) is 35.2 Å². The number of hydroxylamine groups is 1. The predicted molar refractivity (Wildman–Crippen MR) is 102 cm³/mol. The summed E-state index contributed by atoms with van der Waals surface area (Å²) >= 11 is 0. The van der Waals surface area contributed by atoms with Crippen molar-refractivity contribution in [2.45, 2.75) is 67.6 Å². The maximum atomic E-state index is 13.3. The molecule has 2 fully saturated rings. The van der Waals surface area contributed by atoms with Gasteiger partial charge in [0.15, 0.2) is 0 Å². The van der Waals surface area contributed by atoms with Crippen molar-refractivity contribution >= 4 is 21.8 Å². The summed E-state index contributed by atoms with van der Waals surface area (Å²) in [5.74, 6) is -5.18. The number of aromatic nitrogens is 1. The fourth-order valence-corrected chi connectivity index (χ4v) is 5.05. The Morgan fingerprint density at radius 3 is 2.25 bits per heavy atom. The quantitative estimate of drug-likeness (QED) is 0.504. The summed E-state index contributed by atoms with van der Waals surface area (Å²) in [6.07, 6.45) is -4.33. The number of rotatable bonds is 5. The van der Waals surface area contributed by atoms with Crippen LogP contribution in [0, 0.1) is 0 Å². The molecule has 32 heavy (non-hydrogen) atoms. The number of hydrogen-bond acceptors (Lipinski definition) is 7. The highest BCUT2D eigenvalue weighted by Crippen LogP contribution is 2.32. The van der Waals surface area contributed by atoms with E-state index in [0.29, 0.717) is 12.8 Å². The number of hydrogen-bond donors (Lipinski definition) is 1. The SMILES string of the molecule is N[C@H]1CC[C@H](N(OC(=O)C(F)(F)F)S(=O)(=O)c2ccc(N3CCC(F)(F)CC3)nc2)CC1. The normalized spacial score (nSPS) is 24.4. The number of nitrogens with zero attached hydrogens (tertiary/aromatic N) is 3. The van der Waals surface area contributed by atoms with Gasteiger partial charge in [0.1, 0.15) is 10.7 Å². The van der Waals surface area contributed by atoms with Gasteiger partial charge in [0.25, 0.3) is 15.9 Å². The fraction of sp³-hybridized carbons (Fsp3) is 0.667. The van der Waals surface area contributed by atoms with Gasteiger partial charge in [0, 0.05) is 38.2 Å². The summed E-state index contributed by atoms with van der Waals surface area (Å²) in [5, 5.41) is 0. The molecule has 0 radical (unpaired) electrons. The third kappa shape index (κ3) is 5.64. The number of carbonyl (C=O) groups excluding carboxylic acids is 1. The molecule has 2 aliphatic rings. The second-order valence-electron chi connectivity index (χ2n) is 7.90. The van der Waals surface area contributed by atoms with E-state index in [2.05, 4.69) is 9.82 Å². The minimum Gasteiger partial charge on any atom is -0.356 e. The molecular formula is C18H23F5N4O4S. The number of anilines is 1. The minimum atomic E-state index is -5.39. The zero-order valence-electron chi connectivity index (χ0n) is 16.9. The topological polar surface area (TPSA) is 106 Å². The second kappa shape index (κ2) is 9.06. The standard InChI is InChI=1S/C18H23F5N4O4S/c19-17(20)7-9-26(10-8-17)15-6-5-14(11-25-15)32(29,30)27(31-16(28)18(21,22)23)13-3-1-12(24)2-4-13/h5-6,11-13H,1-4,7-10,24H2/t12-,13-. The molecule has 2 N–H and O–H groups in total. The first kappa shape index (κ1) is 24.6. The highest BCUT2D eigenvalue weighted by molar-refractivity contribution is 7.89. The molecule has 0 amide bonds. The van der Waals surface area contributed by atoms with Crippen molar-refractivity contribution in [1.29, 1.82) is 0 Å². The smallest absolute Gasteiger partial charge is 0.356 e. The Kier molecular flexibility index (Phi) is 6.96. The third-order valence-electron chi connectivity index (χ3n) is 5.52. The molecule has 1 aromatic heterocycles. The number of sulfonamides is 1. The van der Waals surface area contributed by atoms with Gasteiger partial charge in [-0.1, -0.05) is 0 Å². The molecule has 0 atom stereocenters. The lowest BCUT2D eigenvalue weighted by Crippen LogP contribution is -2.47. The van der Waals surface area contributed by atoms with Gasteiger partial charge in [-0.25, -0.2) is 27.0 Å². The second-order valence-corrected chi connectivity index (χ2v) is 9.68. The molecule has 1 aliphatic carbocycles. The van der Waals surface area contributed by atoms with Crippen LogP contribution in [0.25, 0.3) is 0 Å². The van der Waals surface area contributed by atoms with E-state index in [1.165, 1.54) is 6.07 Å². The minimum absolute atomic E-state index is 0.0176. The summed E-state index contributed by atoms with van der Waals surface area (Å²) in [6, 6.07) is 1.12. The third-order valence-corrected chi connectivity index (χ3v) is 7.20. The Labute approximate surface area is 181 Å². The maximum Gasteiger partial charge on any atom is 0.492 e. The van der Waals surface area contributed by atoms with Crippen LogP contribution in [0.2, 0.25) is 0 Å². The Bertz CT molecular complexity index is 908. The van der Waals surface area contributed by atoms with Crippen LogP contribution in [-0.4, -0.2) is 61.1 Å². The van der Waals surface area contributed by atoms with Gasteiger partial charge in [-0.2, -0.15) is 13.2 Å². The van der Waals surface area contributed by atoms with Crippen LogP contribution < -0.4 is 10.6 Å². The Morgan fingerprint density at radius 1 is 1.16 bits per heavy atom. The average Bonchev–Trinajstić information content (AvgIpc) is 2.72. The molecule has 0 spiro atoms. The van der Waals surface area contributed by atoms with Crippen molar-refractivity contribution in [2.75, 3.05) is 18.0 Å². The summed E-state index contributed by atoms with van der Waals surface area (Å²) in [4.78, 5) is 20.7. The van der Waals surface area contributed by atoms with E-state index in [0.717, 1.165) is 12.3 Å². The van der Waals surface area contributed by atoms with Crippen LogP contribution >= 0.6 is 0 Å². The van der Waals surface area contributed by atoms with E-state index >= 15 is 0 Å². The maximum absolute atomic E-state index is 13.3. The molecule has 1 saturated heterocycles. The van der Waals surface area contributed by atoms with Crippen LogP contribution in [0.15, 0.2) is 23.2 Å². The molecule has 1 saturated carbocycles. The average molecular weight is 486 g/mol. The first-order valence-electron chi connectivity index (χ1n) is 9.97. The van der Waals surface area contributed by atoms with Crippen LogP contribution in [0.5, 0.6) is 0 Å². The molecule has 3 rings (SSSR count). The summed E-state index contributed by atoms with van der Waals surface area (Å²) in [6.45, 7) is 0.0352. The fourth-order valence-electron chi connectivity index (χ4n) is 3.64. The highest BCUT2D eigenvalue weighted by atomic mass is 32.2. The molecule has 180 valence electrons. The molecule has 0 bridgehead atoms. The molecule has 0 unspecified atom stereocenters. The van der Waals surface area contributed by atoms with Gasteiger partial charge in [-0.15, -0.1) is 0 Å². The van der Waals surface area contributed by atoms with Gasteiger partial charge >= 0.3 is 12.1 Å². The Balaban J connectivity index is 1.83. The Hall–Kier alpha value is -2.06. The lowest BCUT2D eigenvalue weighted by Gasteiger charge is -2.34. The van der Waals surface area contributed by atoms with Gasteiger partial charge < -0.3 is 15.5 Å². The highest BCUT2D eigenvalue weighted by Gasteiger charge is 2.47. The molecule has 8 nitrogen and oxygen atoms in total. The van der Waals surface area contributed by atoms with Crippen LogP contribution in [0.4, 0.5) is 27.8 Å². The predicted octanol–water partition coefficient (Wildman–Crippen LogP) is 2.60. The van der Waals surface area contributed by atoms with E-state index < -0.39 is 39.0 Å². The number of halogens is 5. The molecular weight excluding hydrogens is 463 g/mol. The number of piperidine rings is 1. The van der Waals surface area contributed by atoms with Crippen molar-refractivity contribution in [3.63, 3.8) is 0 Å². The lowest BCUT2D eigenvalue weighted by molar-refractivity contribution is -0.228. The van der Waals surface area contributed by atoms with Crippen molar-refractivity contribution in [3.05, 3.63) is 18.3 Å². The van der Waals surface area contributed by atoms with Crippen LogP contribution in [0.1, 0.15) is 38.5 Å².